The fourth-order valence-corrected chi connectivity index (χ4v) is 2.81. The largest absolute Gasteiger partial charge is 0.418 e. The van der Waals surface area contributed by atoms with Crippen molar-refractivity contribution in [1.82, 2.24) is 10.2 Å². The molecule has 0 radical (unpaired) electrons. The Kier molecular flexibility index (Phi) is 5.82. The van der Waals surface area contributed by atoms with Crippen LogP contribution in [0, 0.1) is 5.92 Å². The quantitative estimate of drug-likeness (QED) is 0.737. The van der Waals surface area contributed by atoms with E-state index in [1.807, 2.05) is 13.8 Å². The number of anilines is 1. The van der Waals surface area contributed by atoms with E-state index in [0.29, 0.717) is 18.8 Å². The van der Waals surface area contributed by atoms with E-state index in [2.05, 4.69) is 10.6 Å². The Bertz CT molecular complexity index is 749. The molecule has 1 fully saturated rings. The van der Waals surface area contributed by atoms with Gasteiger partial charge in [-0.15, -0.1) is 0 Å². The smallest absolute Gasteiger partial charge is 0.324 e. The van der Waals surface area contributed by atoms with Crippen molar-refractivity contribution in [2.24, 2.45) is 5.92 Å². The van der Waals surface area contributed by atoms with Gasteiger partial charge in [-0.1, -0.05) is 26.0 Å². The first kappa shape index (κ1) is 20.7. The highest BCUT2D eigenvalue weighted by Gasteiger charge is 2.48. The maximum Gasteiger partial charge on any atom is 0.418 e. The van der Waals surface area contributed by atoms with Gasteiger partial charge in [0.25, 0.3) is 5.91 Å². The Morgan fingerprint density at radius 2 is 1.89 bits per heavy atom. The molecule has 0 aromatic heterocycles. The molecule has 148 valence electrons. The summed E-state index contributed by atoms with van der Waals surface area (Å²) in [5, 5.41) is 4.70. The van der Waals surface area contributed by atoms with Crippen molar-refractivity contribution in [1.29, 1.82) is 0 Å². The summed E-state index contributed by atoms with van der Waals surface area (Å²) < 4.78 is 39.0. The third kappa shape index (κ3) is 4.78. The fraction of sp³-hybridized carbons (Fsp3) is 0.500. The van der Waals surface area contributed by atoms with Crippen molar-refractivity contribution >= 4 is 23.5 Å². The molecule has 9 heteroatoms. The summed E-state index contributed by atoms with van der Waals surface area (Å²) in [5.74, 6) is -1.13. The van der Waals surface area contributed by atoms with Crippen molar-refractivity contribution in [3.8, 4) is 0 Å². The number of amides is 4. The lowest BCUT2D eigenvalue weighted by molar-refractivity contribution is -0.137. The lowest BCUT2D eigenvalue weighted by Gasteiger charge is -2.22. The SMILES string of the molecule is CC(C)CC[C@]1(C)NC(=O)N(CC(=O)Nc2ccccc2C(F)(F)F)C1=O. The highest BCUT2D eigenvalue weighted by Crippen LogP contribution is 2.34. The van der Waals surface area contributed by atoms with Gasteiger partial charge < -0.3 is 10.6 Å². The van der Waals surface area contributed by atoms with Crippen LogP contribution in [0.2, 0.25) is 0 Å². The van der Waals surface area contributed by atoms with Crippen LogP contribution in [0.1, 0.15) is 39.2 Å². The summed E-state index contributed by atoms with van der Waals surface area (Å²) in [7, 11) is 0. The van der Waals surface area contributed by atoms with Crippen LogP contribution in [0.4, 0.5) is 23.7 Å². The van der Waals surface area contributed by atoms with Crippen LogP contribution in [-0.2, 0) is 15.8 Å². The maximum atomic E-state index is 13.0. The van der Waals surface area contributed by atoms with Gasteiger partial charge in [0.15, 0.2) is 0 Å². The van der Waals surface area contributed by atoms with E-state index in [9.17, 15) is 27.6 Å². The number of hydrogen-bond acceptors (Lipinski definition) is 3. The van der Waals surface area contributed by atoms with E-state index in [-0.39, 0.29) is 0 Å². The summed E-state index contributed by atoms with van der Waals surface area (Å²) in [5.41, 5.74) is -2.55. The van der Waals surface area contributed by atoms with Crippen molar-refractivity contribution in [3.05, 3.63) is 29.8 Å². The lowest BCUT2D eigenvalue weighted by Crippen LogP contribution is -2.44. The zero-order chi connectivity index (χ0) is 20.4. The summed E-state index contributed by atoms with van der Waals surface area (Å²) >= 11 is 0. The molecule has 1 aromatic carbocycles. The number of alkyl halides is 3. The molecule has 1 atom stereocenters. The monoisotopic (exact) mass is 385 g/mol. The van der Waals surface area contributed by atoms with Gasteiger partial charge in [0.2, 0.25) is 5.91 Å². The van der Waals surface area contributed by atoms with Crippen LogP contribution >= 0.6 is 0 Å². The van der Waals surface area contributed by atoms with Gasteiger partial charge in [0, 0.05) is 0 Å². The number of urea groups is 1. The number of halogens is 3. The van der Waals surface area contributed by atoms with E-state index < -0.39 is 47.4 Å². The minimum atomic E-state index is -4.64. The highest BCUT2D eigenvalue weighted by molar-refractivity contribution is 6.10. The van der Waals surface area contributed by atoms with E-state index in [0.717, 1.165) is 17.0 Å². The van der Waals surface area contributed by atoms with Crippen LogP contribution in [-0.4, -0.2) is 34.8 Å². The minimum Gasteiger partial charge on any atom is -0.324 e. The first-order valence-electron chi connectivity index (χ1n) is 8.54. The molecule has 1 aromatic rings. The lowest BCUT2D eigenvalue weighted by atomic mass is 9.92. The zero-order valence-electron chi connectivity index (χ0n) is 15.3. The average Bonchev–Trinajstić information content (AvgIpc) is 2.76. The van der Waals surface area contributed by atoms with Gasteiger partial charge in [-0.25, -0.2) is 4.79 Å². The van der Waals surface area contributed by atoms with Crippen LogP contribution < -0.4 is 10.6 Å². The van der Waals surface area contributed by atoms with Gasteiger partial charge in [0.05, 0.1) is 11.3 Å². The molecule has 1 aliphatic rings. The molecular formula is C18H22F3N3O3. The number of carbonyl (C=O) groups is 3. The highest BCUT2D eigenvalue weighted by atomic mass is 19.4. The standard InChI is InChI=1S/C18H22F3N3O3/c1-11(2)8-9-17(3)15(26)24(16(27)23-17)10-14(25)22-13-7-5-4-6-12(13)18(19,20)21/h4-7,11H,8-10H2,1-3H3,(H,22,25)(H,23,27)/t17-/m0/s1. The van der Waals surface area contributed by atoms with Gasteiger partial charge in [-0.05, 0) is 37.8 Å². The molecule has 27 heavy (non-hydrogen) atoms. The van der Waals surface area contributed by atoms with Crippen molar-refractivity contribution < 1.29 is 27.6 Å². The minimum absolute atomic E-state index is 0.322. The second-order valence-corrected chi connectivity index (χ2v) is 7.18. The van der Waals surface area contributed by atoms with Gasteiger partial charge in [-0.3, -0.25) is 14.5 Å². The van der Waals surface area contributed by atoms with E-state index >= 15 is 0 Å². The maximum absolute atomic E-state index is 13.0. The van der Waals surface area contributed by atoms with Crippen LogP contribution in [0.15, 0.2) is 24.3 Å². The number of benzene rings is 1. The molecule has 4 amide bonds. The predicted molar refractivity (Wildman–Crippen MR) is 92.8 cm³/mol. The molecule has 0 aliphatic carbocycles. The third-order valence-corrected chi connectivity index (χ3v) is 4.38. The second kappa shape index (κ2) is 7.58. The summed E-state index contributed by atoms with van der Waals surface area (Å²) in [6.45, 7) is 4.88. The van der Waals surface area contributed by atoms with Crippen molar-refractivity contribution in [3.63, 3.8) is 0 Å². The molecule has 1 aliphatic heterocycles. The zero-order valence-corrected chi connectivity index (χ0v) is 15.3. The van der Waals surface area contributed by atoms with Gasteiger partial charge in [0.1, 0.15) is 12.1 Å². The summed E-state index contributed by atoms with van der Waals surface area (Å²) in [6, 6.07) is 3.77. The number of para-hydroxylation sites is 1. The number of nitrogens with one attached hydrogen (secondary N) is 2. The third-order valence-electron chi connectivity index (χ3n) is 4.38. The Morgan fingerprint density at radius 1 is 1.26 bits per heavy atom. The molecular weight excluding hydrogens is 363 g/mol. The number of hydrogen-bond donors (Lipinski definition) is 2. The van der Waals surface area contributed by atoms with Crippen LogP contribution in [0.25, 0.3) is 0 Å². The summed E-state index contributed by atoms with van der Waals surface area (Å²) in [6.07, 6.45) is -3.54. The van der Waals surface area contributed by atoms with Crippen molar-refractivity contribution in [2.75, 3.05) is 11.9 Å². The Balaban J connectivity index is 2.09. The van der Waals surface area contributed by atoms with E-state index in [4.69, 9.17) is 0 Å². The Labute approximate surface area is 155 Å². The first-order valence-corrected chi connectivity index (χ1v) is 8.54. The first-order chi connectivity index (χ1) is 12.4. The molecule has 1 heterocycles. The normalized spacial score (nSPS) is 20.2. The molecule has 2 N–H and O–H groups in total. The second-order valence-electron chi connectivity index (χ2n) is 7.18. The Hall–Kier alpha value is -2.58. The van der Waals surface area contributed by atoms with E-state index in [1.54, 1.807) is 6.92 Å². The van der Waals surface area contributed by atoms with Gasteiger partial charge in [-0.2, -0.15) is 13.2 Å². The topological polar surface area (TPSA) is 78.5 Å². The van der Waals surface area contributed by atoms with Crippen LogP contribution in [0.5, 0.6) is 0 Å². The Morgan fingerprint density at radius 3 is 2.48 bits per heavy atom. The molecule has 0 spiro atoms. The number of imide groups is 1. The average molecular weight is 385 g/mol. The van der Waals surface area contributed by atoms with Crippen LogP contribution in [0.3, 0.4) is 0 Å². The van der Waals surface area contributed by atoms with Gasteiger partial charge >= 0.3 is 12.2 Å². The molecule has 2 rings (SSSR count). The molecule has 0 saturated carbocycles. The number of rotatable bonds is 6. The van der Waals surface area contributed by atoms with Crippen molar-refractivity contribution in [2.45, 2.75) is 45.3 Å². The summed E-state index contributed by atoms with van der Waals surface area (Å²) in [4.78, 5) is 37.5. The number of nitrogens with zero attached hydrogens (tertiary/aromatic N) is 1. The molecule has 0 bridgehead atoms. The van der Waals surface area contributed by atoms with E-state index in [1.165, 1.54) is 12.1 Å². The predicted octanol–water partition coefficient (Wildman–Crippen LogP) is 3.39. The molecule has 1 saturated heterocycles. The molecule has 6 nitrogen and oxygen atoms in total. The molecule has 0 unspecified atom stereocenters. The fourth-order valence-electron chi connectivity index (χ4n) is 2.81. The number of carbonyl (C=O) groups excluding carboxylic acids is 3.